The van der Waals surface area contributed by atoms with Crippen molar-refractivity contribution in [2.45, 2.75) is 24.7 Å². The van der Waals surface area contributed by atoms with Crippen molar-refractivity contribution in [3.8, 4) is 0 Å². The summed E-state index contributed by atoms with van der Waals surface area (Å²) in [7, 11) is 0.332. The van der Waals surface area contributed by atoms with Crippen molar-refractivity contribution in [3.05, 3.63) is 59.7 Å². The Morgan fingerprint density at radius 2 is 1.74 bits per heavy atom. The lowest BCUT2D eigenvalue weighted by atomic mass is 10.1. The lowest BCUT2D eigenvalue weighted by Gasteiger charge is -2.13. The molecule has 0 amide bonds. The lowest BCUT2D eigenvalue weighted by molar-refractivity contribution is 0.312. The third-order valence-corrected chi connectivity index (χ3v) is 4.91. The Balaban J connectivity index is 1.87. The molecule has 0 unspecified atom stereocenters. The lowest BCUT2D eigenvalue weighted by Crippen LogP contribution is -2.09. The van der Waals surface area contributed by atoms with Gasteiger partial charge in [0.1, 0.15) is 0 Å². The van der Waals surface area contributed by atoms with Crippen molar-refractivity contribution in [1.29, 1.82) is 0 Å². The maximum atomic E-state index is 12.1. The quantitative estimate of drug-likeness (QED) is 0.575. The monoisotopic (exact) mass is 333 g/mol. The molecule has 4 nitrogen and oxygen atoms in total. The van der Waals surface area contributed by atoms with Gasteiger partial charge < -0.3 is 4.90 Å². The topological polar surface area (TPSA) is 46.6 Å². The van der Waals surface area contributed by atoms with Crippen molar-refractivity contribution in [2.24, 2.45) is 0 Å². The van der Waals surface area contributed by atoms with Gasteiger partial charge in [0.2, 0.25) is 0 Å². The van der Waals surface area contributed by atoms with Gasteiger partial charge in [0.05, 0.1) is 11.5 Å². The van der Waals surface area contributed by atoms with Crippen LogP contribution >= 0.6 is 0 Å². The first-order chi connectivity index (χ1) is 10.9. The van der Waals surface area contributed by atoms with Crippen molar-refractivity contribution >= 4 is 15.8 Å². The van der Waals surface area contributed by atoms with Crippen LogP contribution in [0, 0.1) is 6.92 Å². The van der Waals surface area contributed by atoms with Gasteiger partial charge in [0.25, 0.3) is 10.1 Å². The number of aryl methyl sites for hydroxylation is 2. The number of anilines is 1. The molecule has 0 atom stereocenters. The van der Waals surface area contributed by atoms with Crippen LogP contribution in [0.2, 0.25) is 0 Å². The highest BCUT2D eigenvalue weighted by atomic mass is 32.2. The minimum atomic E-state index is -3.66. The molecule has 0 aliphatic heterocycles. The van der Waals surface area contributed by atoms with Gasteiger partial charge in [-0.2, -0.15) is 8.42 Å². The molecule has 0 N–H and O–H groups in total. The van der Waals surface area contributed by atoms with Gasteiger partial charge in [-0.1, -0.05) is 29.8 Å². The molecule has 0 saturated carbocycles. The summed E-state index contributed by atoms with van der Waals surface area (Å²) in [5.74, 6) is 0. The Morgan fingerprint density at radius 3 is 2.39 bits per heavy atom. The van der Waals surface area contributed by atoms with Gasteiger partial charge in [-0.25, -0.2) is 0 Å². The van der Waals surface area contributed by atoms with E-state index in [4.69, 9.17) is 4.18 Å². The van der Waals surface area contributed by atoms with Gasteiger partial charge in [0.15, 0.2) is 0 Å². The molecule has 2 rings (SSSR count). The normalized spacial score (nSPS) is 11.4. The van der Waals surface area contributed by atoms with E-state index in [0.717, 1.165) is 17.7 Å². The summed E-state index contributed by atoms with van der Waals surface area (Å²) in [4.78, 5) is 2.25. The van der Waals surface area contributed by atoms with Gasteiger partial charge in [-0.15, -0.1) is 0 Å². The standard InChI is InChI=1S/C18H23NO3S/c1-15-9-11-18(12-10-15)23(20,21)22-13-5-7-16-6-4-8-17(14-16)19(2)3/h4,6,8-12,14H,5,7,13H2,1-3H3. The van der Waals surface area contributed by atoms with Crippen LogP contribution in [0.3, 0.4) is 0 Å². The van der Waals surface area contributed by atoms with Gasteiger partial charge in [-0.3, -0.25) is 4.18 Å². The summed E-state index contributed by atoms with van der Waals surface area (Å²) < 4.78 is 29.3. The average Bonchev–Trinajstić information content (AvgIpc) is 2.52. The molecular weight excluding hydrogens is 310 g/mol. The third kappa shape index (κ3) is 5.08. The minimum Gasteiger partial charge on any atom is -0.378 e. The number of nitrogens with zero attached hydrogens (tertiary/aromatic N) is 1. The van der Waals surface area contributed by atoms with Crippen LogP contribution in [0.4, 0.5) is 5.69 Å². The second kappa shape index (κ2) is 7.62. The average molecular weight is 333 g/mol. The van der Waals surface area contributed by atoms with Crippen LogP contribution in [0.25, 0.3) is 0 Å². The van der Waals surface area contributed by atoms with E-state index in [0.29, 0.717) is 6.42 Å². The Hall–Kier alpha value is -1.85. The highest BCUT2D eigenvalue weighted by Gasteiger charge is 2.14. The zero-order valence-corrected chi connectivity index (χ0v) is 14.6. The molecule has 0 bridgehead atoms. The van der Waals surface area contributed by atoms with E-state index in [1.165, 1.54) is 5.56 Å². The smallest absolute Gasteiger partial charge is 0.296 e. The summed E-state index contributed by atoms with van der Waals surface area (Å²) in [6.45, 7) is 2.10. The van der Waals surface area contributed by atoms with Gasteiger partial charge >= 0.3 is 0 Å². The predicted octanol–water partition coefficient (Wildman–Crippen LogP) is 3.40. The van der Waals surface area contributed by atoms with Crippen LogP contribution < -0.4 is 4.90 Å². The molecule has 0 aliphatic rings. The molecule has 0 aliphatic carbocycles. The first kappa shape index (κ1) is 17.5. The van der Waals surface area contributed by atoms with Crippen LogP contribution in [0.15, 0.2) is 53.4 Å². The molecule has 0 spiro atoms. The summed E-state index contributed by atoms with van der Waals surface area (Å²) in [6.07, 6.45) is 1.44. The molecule has 124 valence electrons. The van der Waals surface area contributed by atoms with Crippen LogP contribution in [0.1, 0.15) is 17.5 Å². The molecule has 2 aromatic carbocycles. The molecule has 0 heterocycles. The molecule has 23 heavy (non-hydrogen) atoms. The van der Waals surface area contributed by atoms with E-state index in [2.05, 4.69) is 6.07 Å². The highest BCUT2D eigenvalue weighted by Crippen LogP contribution is 2.16. The molecule has 0 radical (unpaired) electrons. The third-order valence-electron chi connectivity index (χ3n) is 3.58. The molecule has 2 aromatic rings. The fourth-order valence-electron chi connectivity index (χ4n) is 2.21. The number of hydrogen-bond acceptors (Lipinski definition) is 4. The first-order valence-corrected chi connectivity index (χ1v) is 9.02. The summed E-state index contributed by atoms with van der Waals surface area (Å²) in [5.41, 5.74) is 3.33. The predicted molar refractivity (Wildman–Crippen MR) is 93.4 cm³/mol. The van der Waals surface area contributed by atoms with E-state index in [1.807, 2.05) is 44.1 Å². The highest BCUT2D eigenvalue weighted by molar-refractivity contribution is 7.86. The Labute approximate surface area is 138 Å². The van der Waals surface area contributed by atoms with Crippen molar-refractivity contribution in [3.63, 3.8) is 0 Å². The number of benzene rings is 2. The largest absolute Gasteiger partial charge is 0.378 e. The van der Waals surface area contributed by atoms with Crippen LogP contribution in [-0.4, -0.2) is 29.1 Å². The van der Waals surface area contributed by atoms with Crippen LogP contribution in [-0.2, 0) is 20.7 Å². The summed E-state index contributed by atoms with van der Waals surface area (Å²) >= 11 is 0. The van der Waals surface area contributed by atoms with Crippen LogP contribution in [0.5, 0.6) is 0 Å². The van der Waals surface area contributed by atoms with Gasteiger partial charge in [-0.05, 0) is 49.6 Å². The summed E-state index contributed by atoms with van der Waals surface area (Å²) in [6, 6.07) is 14.9. The maximum Gasteiger partial charge on any atom is 0.296 e. The minimum absolute atomic E-state index is 0.183. The van der Waals surface area contributed by atoms with E-state index in [-0.39, 0.29) is 11.5 Å². The molecule has 0 saturated heterocycles. The van der Waals surface area contributed by atoms with Gasteiger partial charge in [0, 0.05) is 19.8 Å². The molecule has 0 fully saturated rings. The zero-order chi connectivity index (χ0) is 16.9. The molecular formula is C18H23NO3S. The number of rotatable bonds is 7. The second-order valence-electron chi connectivity index (χ2n) is 5.76. The van der Waals surface area contributed by atoms with Crippen molar-refractivity contribution in [2.75, 3.05) is 25.6 Å². The fourth-order valence-corrected chi connectivity index (χ4v) is 3.15. The van der Waals surface area contributed by atoms with E-state index in [1.54, 1.807) is 24.3 Å². The fraction of sp³-hybridized carbons (Fsp3) is 0.333. The number of hydrogen-bond donors (Lipinski definition) is 0. The zero-order valence-electron chi connectivity index (χ0n) is 13.8. The molecule has 0 aromatic heterocycles. The Kier molecular flexibility index (Phi) is 5.80. The van der Waals surface area contributed by atoms with E-state index in [9.17, 15) is 8.42 Å². The van der Waals surface area contributed by atoms with E-state index < -0.39 is 10.1 Å². The van der Waals surface area contributed by atoms with Crippen molar-refractivity contribution < 1.29 is 12.6 Å². The van der Waals surface area contributed by atoms with E-state index >= 15 is 0 Å². The Morgan fingerprint density at radius 1 is 1.04 bits per heavy atom. The Bertz CT molecular complexity index is 737. The second-order valence-corrected chi connectivity index (χ2v) is 7.37. The summed E-state index contributed by atoms with van der Waals surface area (Å²) in [5, 5.41) is 0. The van der Waals surface area contributed by atoms with Crippen molar-refractivity contribution in [1.82, 2.24) is 0 Å². The SMILES string of the molecule is Cc1ccc(S(=O)(=O)OCCCc2cccc(N(C)C)c2)cc1. The molecule has 5 heteroatoms. The maximum absolute atomic E-state index is 12.1. The first-order valence-electron chi connectivity index (χ1n) is 7.61.